The first-order valence-electron chi connectivity index (χ1n) is 5.23. The average Bonchev–Trinajstić information content (AvgIpc) is 2.20. The molecule has 0 fully saturated rings. The van der Waals surface area contributed by atoms with Crippen LogP contribution >= 0.6 is 12.2 Å². The maximum Gasteiger partial charge on any atom is 0.105 e. The summed E-state index contributed by atoms with van der Waals surface area (Å²) in [5.41, 5.74) is 2.45. The molecule has 2 heteroatoms. The van der Waals surface area contributed by atoms with Crippen molar-refractivity contribution in [2.45, 2.75) is 34.1 Å². The maximum absolute atomic E-state index is 5.46. The Hall–Kier alpha value is -0.630. The van der Waals surface area contributed by atoms with Gasteiger partial charge >= 0.3 is 0 Å². The van der Waals surface area contributed by atoms with Crippen molar-refractivity contribution in [1.29, 1.82) is 0 Å². The molecule has 0 aromatic rings. The summed E-state index contributed by atoms with van der Waals surface area (Å²) in [6, 6.07) is 0. The third-order valence-electron chi connectivity index (χ3n) is 2.44. The van der Waals surface area contributed by atoms with E-state index in [0.717, 1.165) is 24.5 Å². The van der Waals surface area contributed by atoms with E-state index in [9.17, 15) is 0 Å². The van der Waals surface area contributed by atoms with Crippen LogP contribution in [0.3, 0.4) is 0 Å². The minimum absolute atomic E-state index is 0.975. The number of nitrogens with zero attached hydrogens (tertiary/aromatic N) is 1. The largest absolute Gasteiger partial charge is 0.363 e. The van der Waals surface area contributed by atoms with Crippen LogP contribution < -0.4 is 0 Å². The Labute approximate surface area is 93.5 Å². The van der Waals surface area contributed by atoms with Crippen LogP contribution in [0.15, 0.2) is 23.8 Å². The summed E-state index contributed by atoms with van der Waals surface area (Å²) in [6.45, 7) is 14.2. The number of likely N-dealkylation sites (N-methyl/N-ethyl adjacent to an activating group) is 1. The van der Waals surface area contributed by atoms with Crippen LogP contribution in [0.1, 0.15) is 34.1 Å². The third-order valence-corrected chi connectivity index (χ3v) is 2.95. The molecule has 0 spiro atoms. The molecule has 0 aliphatic heterocycles. The van der Waals surface area contributed by atoms with E-state index >= 15 is 0 Å². The molecule has 0 bridgehead atoms. The second kappa shape index (κ2) is 6.77. The summed E-state index contributed by atoms with van der Waals surface area (Å²) in [4.78, 5) is 3.19. The zero-order valence-corrected chi connectivity index (χ0v) is 10.6. The molecule has 0 aromatic carbocycles. The van der Waals surface area contributed by atoms with E-state index in [1.165, 1.54) is 11.1 Å². The summed E-state index contributed by atoms with van der Waals surface area (Å²) in [5.74, 6) is 0. The zero-order chi connectivity index (χ0) is 11.1. The highest BCUT2D eigenvalue weighted by molar-refractivity contribution is 7.80. The molecule has 0 saturated carbocycles. The fourth-order valence-corrected chi connectivity index (χ4v) is 1.99. The molecule has 14 heavy (non-hydrogen) atoms. The number of thiocarbonyl (C=S) groups is 1. The molecule has 0 amide bonds. The molecule has 0 aromatic heterocycles. The lowest BCUT2D eigenvalue weighted by atomic mass is 10.1. The molecule has 0 heterocycles. The van der Waals surface area contributed by atoms with E-state index in [1.807, 2.05) is 6.08 Å². The first kappa shape index (κ1) is 13.4. The summed E-state index contributed by atoms with van der Waals surface area (Å²) < 4.78 is 0. The molecule has 1 nitrogen and oxygen atoms in total. The van der Waals surface area contributed by atoms with Gasteiger partial charge < -0.3 is 4.90 Å². The number of allylic oxidation sites excluding steroid dienone is 2. The SMILES string of the molecule is C=C/C(C)=C(/CC)C(=S)N(CC)CC. The first-order chi connectivity index (χ1) is 6.62. The Morgan fingerprint density at radius 3 is 2.07 bits per heavy atom. The summed E-state index contributed by atoms with van der Waals surface area (Å²) in [6.07, 6.45) is 2.86. The number of rotatable bonds is 5. The lowest BCUT2D eigenvalue weighted by Crippen LogP contribution is -2.30. The van der Waals surface area contributed by atoms with Crippen LogP contribution in [0.2, 0.25) is 0 Å². The molecule has 0 unspecified atom stereocenters. The van der Waals surface area contributed by atoms with Gasteiger partial charge in [-0.2, -0.15) is 0 Å². The molecular formula is C12H21NS. The number of hydrogen-bond acceptors (Lipinski definition) is 1. The van der Waals surface area contributed by atoms with Crippen LogP contribution in [-0.2, 0) is 0 Å². The smallest absolute Gasteiger partial charge is 0.105 e. The van der Waals surface area contributed by atoms with Crippen molar-refractivity contribution in [2.24, 2.45) is 0 Å². The van der Waals surface area contributed by atoms with Crippen molar-refractivity contribution in [2.75, 3.05) is 13.1 Å². The Balaban J connectivity index is 4.87. The van der Waals surface area contributed by atoms with E-state index in [2.05, 4.69) is 39.2 Å². The van der Waals surface area contributed by atoms with Gasteiger partial charge in [-0.3, -0.25) is 0 Å². The van der Waals surface area contributed by atoms with Gasteiger partial charge in [0.15, 0.2) is 0 Å². The standard InChI is InChI=1S/C12H21NS/c1-6-10(5)11(7-2)12(14)13(8-3)9-4/h6H,1,7-9H2,2-5H3/b11-10-. The Morgan fingerprint density at radius 1 is 1.29 bits per heavy atom. The van der Waals surface area contributed by atoms with Crippen molar-refractivity contribution in [3.63, 3.8) is 0 Å². The topological polar surface area (TPSA) is 3.24 Å². The molecule has 0 atom stereocenters. The van der Waals surface area contributed by atoms with E-state index in [4.69, 9.17) is 12.2 Å². The van der Waals surface area contributed by atoms with Crippen LogP contribution in [0.25, 0.3) is 0 Å². The molecule has 0 aliphatic carbocycles. The second-order valence-electron chi connectivity index (χ2n) is 3.20. The predicted octanol–water partition coefficient (Wildman–Crippen LogP) is 3.57. The fraction of sp³-hybridized carbons (Fsp3) is 0.583. The van der Waals surface area contributed by atoms with Gasteiger partial charge in [0, 0.05) is 13.1 Å². The first-order valence-corrected chi connectivity index (χ1v) is 5.64. The minimum atomic E-state index is 0.975. The van der Waals surface area contributed by atoms with Crippen molar-refractivity contribution in [3.05, 3.63) is 23.8 Å². The van der Waals surface area contributed by atoms with E-state index < -0.39 is 0 Å². The summed E-state index contributed by atoms with van der Waals surface area (Å²) in [7, 11) is 0. The van der Waals surface area contributed by atoms with Crippen molar-refractivity contribution in [3.8, 4) is 0 Å². The van der Waals surface area contributed by atoms with E-state index in [-0.39, 0.29) is 0 Å². The van der Waals surface area contributed by atoms with Crippen LogP contribution in [0, 0.1) is 0 Å². The van der Waals surface area contributed by atoms with Gasteiger partial charge in [0.2, 0.25) is 0 Å². The van der Waals surface area contributed by atoms with Gasteiger partial charge in [-0.1, -0.05) is 31.8 Å². The van der Waals surface area contributed by atoms with Crippen molar-refractivity contribution in [1.82, 2.24) is 4.90 Å². The molecule has 0 rings (SSSR count). The molecule has 0 N–H and O–H groups in total. The highest BCUT2D eigenvalue weighted by atomic mass is 32.1. The van der Waals surface area contributed by atoms with Gasteiger partial charge in [0.1, 0.15) is 4.99 Å². The molecule has 0 radical (unpaired) electrons. The summed E-state index contributed by atoms with van der Waals surface area (Å²) >= 11 is 5.46. The predicted molar refractivity (Wildman–Crippen MR) is 68.7 cm³/mol. The highest BCUT2D eigenvalue weighted by Crippen LogP contribution is 2.14. The van der Waals surface area contributed by atoms with Crippen LogP contribution in [0.5, 0.6) is 0 Å². The Kier molecular flexibility index (Phi) is 6.46. The van der Waals surface area contributed by atoms with E-state index in [1.54, 1.807) is 0 Å². The zero-order valence-electron chi connectivity index (χ0n) is 9.76. The molecular weight excluding hydrogens is 190 g/mol. The maximum atomic E-state index is 5.46. The van der Waals surface area contributed by atoms with Gasteiger partial charge in [0.25, 0.3) is 0 Å². The molecule has 0 aliphatic rings. The van der Waals surface area contributed by atoms with Gasteiger partial charge in [-0.15, -0.1) is 0 Å². The van der Waals surface area contributed by atoms with Gasteiger partial charge in [0.05, 0.1) is 0 Å². The molecule has 80 valence electrons. The Bertz CT molecular complexity index is 237. The average molecular weight is 211 g/mol. The lowest BCUT2D eigenvalue weighted by Gasteiger charge is -2.24. The monoisotopic (exact) mass is 211 g/mol. The highest BCUT2D eigenvalue weighted by Gasteiger charge is 2.10. The summed E-state index contributed by atoms with van der Waals surface area (Å²) in [5, 5.41) is 0. The lowest BCUT2D eigenvalue weighted by molar-refractivity contribution is 0.472. The van der Waals surface area contributed by atoms with Gasteiger partial charge in [-0.25, -0.2) is 0 Å². The minimum Gasteiger partial charge on any atom is -0.363 e. The van der Waals surface area contributed by atoms with E-state index in [0.29, 0.717) is 0 Å². The van der Waals surface area contributed by atoms with Crippen LogP contribution in [0.4, 0.5) is 0 Å². The molecule has 0 saturated heterocycles. The van der Waals surface area contributed by atoms with Crippen molar-refractivity contribution >= 4 is 17.2 Å². The third kappa shape index (κ3) is 3.26. The quantitative estimate of drug-likeness (QED) is 0.388. The number of hydrogen-bond donors (Lipinski definition) is 0. The normalized spacial score (nSPS) is 12.0. The second-order valence-corrected chi connectivity index (χ2v) is 3.58. The van der Waals surface area contributed by atoms with Gasteiger partial charge in [-0.05, 0) is 38.3 Å². The van der Waals surface area contributed by atoms with Crippen molar-refractivity contribution < 1.29 is 0 Å². The van der Waals surface area contributed by atoms with Crippen LogP contribution in [-0.4, -0.2) is 23.0 Å². The Morgan fingerprint density at radius 2 is 1.79 bits per heavy atom. The fourth-order valence-electron chi connectivity index (χ4n) is 1.42.